The molecule has 0 aliphatic heterocycles. The van der Waals surface area contributed by atoms with Crippen molar-refractivity contribution in [2.24, 2.45) is 0 Å². The number of aliphatic hydroxyl groups excluding tert-OH is 2. The largest absolute Gasteiger partial charge is 0.459 e. The molecule has 0 aromatic carbocycles. The smallest absolute Gasteiger partial charge is 0.287 e. The average molecular weight is 242 g/mol. The predicted molar refractivity (Wildman–Crippen MR) is 57.1 cm³/mol. The molecule has 0 fully saturated rings. The van der Waals surface area contributed by atoms with Crippen molar-refractivity contribution in [1.82, 2.24) is 10.6 Å². The standard InChI is InChI=1S/C10H14N2O5/c13-6-7(14)4-11-9(15)5-12-10(16)8-2-1-3-17-8/h1-3,7,13-14H,4-6H2,(H,11,15)(H,12,16). The van der Waals surface area contributed by atoms with E-state index in [0.717, 1.165) is 0 Å². The summed E-state index contributed by atoms with van der Waals surface area (Å²) < 4.78 is 4.83. The Morgan fingerprint density at radius 1 is 1.41 bits per heavy atom. The maximum atomic E-state index is 11.3. The normalized spacial score (nSPS) is 11.9. The number of rotatable bonds is 6. The van der Waals surface area contributed by atoms with E-state index in [2.05, 4.69) is 10.6 Å². The number of aliphatic hydroxyl groups is 2. The molecule has 0 bridgehead atoms. The summed E-state index contributed by atoms with van der Waals surface area (Å²) in [5.41, 5.74) is 0. The lowest BCUT2D eigenvalue weighted by Crippen LogP contribution is -2.40. The lowest BCUT2D eigenvalue weighted by Gasteiger charge is -2.09. The van der Waals surface area contributed by atoms with E-state index in [0.29, 0.717) is 0 Å². The van der Waals surface area contributed by atoms with Gasteiger partial charge in [-0.1, -0.05) is 0 Å². The molecule has 1 unspecified atom stereocenters. The molecule has 1 atom stereocenters. The van der Waals surface area contributed by atoms with Gasteiger partial charge in [0.1, 0.15) is 0 Å². The number of carbonyl (C=O) groups is 2. The van der Waals surface area contributed by atoms with E-state index >= 15 is 0 Å². The van der Waals surface area contributed by atoms with Gasteiger partial charge in [0.05, 0.1) is 25.5 Å². The highest BCUT2D eigenvalue weighted by Gasteiger charge is 2.10. The Kier molecular flexibility index (Phi) is 5.18. The van der Waals surface area contributed by atoms with Gasteiger partial charge in [-0.2, -0.15) is 0 Å². The molecule has 7 heteroatoms. The number of amides is 2. The van der Waals surface area contributed by atoms with E-state index in [4.69, 9.17) is 14.6 Å². The van der Waals surface area contributed by atoms with Crippen molar-refractivity contribution in [2.75, 3.05) is 19.7 Å². The van der Waals surface area contributed by atoms with E-state index < -0.39 is 24.5 Å². The predicted octanol–water partition coefficient (Wildman–Crippen LogP) is -1.52. The molecule has 0 aliphatic carbocycles. The molecule has 1 rings (SSSR count). The Hall–Kier alpha value is -1.86. The Bertz CT molecular complexity index is 363. The van der Waals surface area contributed by atoms with Crippen LogP contribution < -0.4 is 10.6 Å². The van der Waals surface area contributed by atoms with Gasteiger partial charge in [-0.05, 0) is 12.1 Å². The number of hydrogen-bond acceptors (Lipinski definition) is 5. The molecule has 4 N–H and O–H groups in total. The van der Waals surface area contributed by atoms with Crippen LogP contribution in [0.15, 0.2) is 22.8 Å². The third-order valence-corrected chi connectivity index (χ3v) is 1.90. The van der Waals surface area contributed by atoms with Gasteiger partial charge < -0.3 is 25.3 Å². The number of furan rings is 1. The van der Waals surface area contributed by atoms with Gasteiger partial charge in [0.15, 0.2) is 5.76 Å². The minimum Gasteiger partial charge on any atom is -0.459 e. The Morgan fingerprint density at radius 3 is 2.76 bits per heavy atom. The fourth-order valence-electron chi connectivity index (χ4n) is 1.01. The lowest BCUT2D eigenvalue weighted by atomic mass is 10.3. The molecule has 94 valence electrons. The van der Waals surface area contributed by atoms with Gasteiger partial charge in [0, 0.05) is 6.54 Å². The van der Waals surface area contributed by atoms with Crippen LogP contribution in [-0.2, 0) is 4.79 Å². The SMILES string of the molecule is O=C(CNC(=O)c1ccco1)NCC(O)CO. The molecule has 0 saturated carbocycles. The number of carbonyl (C=O) groups excluding carboxylic acids is 2. The van der Waals surface area contributed by atoms with Crippen LogP contribution in [0, 0.1) is 0 Å². The maximum absolute atomic E-state index is 11.3. The van der Waals surface area contributed by atoms with E-state index in [1.165, 1.54) is 12.3 Å². The Balaban J connectivity index is 2.22. The highest BCUT2D eigenvalue weighted by molar-refractivity contribution is 5.94. The summed E-state index contributed by atoms with van der Waals surface area (Å²) in [7, 11) is 0. The van der Waals surface area contributed by atoms with E-state index in [-0.39, 0.29) is 18.8 Å². The van der Waals surface area contributed by atoms with Gasteiger partial charge in [0.25, 0.3) is 5.91 Å². The Morgan fingerprint density at radius 2 is 2.18 bits per heavy atom. The second-order valence-corrected chi connectivity index (χ2v) is 3.30. The van der Waals surface area contributed by atoms with E-state index in [9.17, 15) is 9.59 Å². The summed E-state index contributed by atoms with van der Waals surface area (Å²) in [4.78, 5) is 22.5. The minimum absolute atomic E-state index is 0.0635. The van der Waals surface area contributed by atoms with Crippen LogP contribution in [0.5, 0.6) is 0 Å². The first-order chi connectivity index (χ1) is 8.13. The fourth-order valence-corrected chi connectivity index (χ4v) is 1.01. The van der Waals surface area contributed by atoms with Crippen molar-refractivity contribution in [1.29, 1.82) is 0 Å². The van der Waals surface area contributed by atoms with Gasteiger partial charge in [0.2, 0.25) is 5.91 Å². The van der Waals surface area contributed by atoms with Crippen molar-refractivity contribution in [3.8, 4) is 0 Å². The molecule has 1 aromatic heterocycles. The van der Waals surface area contributed by atoms with Crippen molar-refractivity contribution >= 4 is 11.8 Å². The Labute approximate surface area is 97.4 Å². The van der Waals surface area contributed by atoms with Crippen molar-refractivity contribution < 1.29 is 24.2 Å². The highest BCUT2D eigenvalue weighted by Crippen LogP contribution is 1.98. The zero-order valence-corrected chi connectivity index (χ0v) is 9.05. The maximum Gasteiger partial charge on any atom is 0.287 e. The first-order valence-electron chi connectivity index (χ1n) is 5.00. The van der Waals surface area contributed by atoms with Crippen LogP contribution in [0.2, 0.25) is 0 Å². The fraction of sp³-hybridized carbons (Fsp3) is 0.400. The average Bonchev–Trinajstić information content (AvgIpc) is 2.86. The number of hydrogen-bond donors (Lipinski definition) is 4. The van der Waals surface area contributed by atoms with Gasteiger partial charge >= 0.3 is 0 Å². The highest BCUT2D eigenvalue weighted by atomic mass is 16.3. The summed E-state index contributed by atoms with van der Waals surface area (Å²) in [6, 6.07) is 3.04. The van der Waals surface area contributed by atoms with Crippen molar-refractivity contribution in [2.45, 2.75) is 6.10 Å². The third kappa shape index (κ3) is 4.66. The summed E-state index contributed by atoms with van der Waals surface area (Å²) in [6.45, 7) is -0.720. The summed E-state index contributed by atoms with van der Waals surface area (Å²) in [5, 5.41) is 22.2. The van der Waals surface area contributed by atoms with Crippen LogP contribution in [0.4, 0.5) is 0 Å². The zero-order valence-electron chi connectivity index (χ0n) is 9.05. The van der Waals surface area contributed by atoms with Crippen LogP contribution in [0.3, 0.4) is 0 Å². The molecule has 2 amide bonds. The summed E-state index contributed by atoms with van der Waals surface area (Å²) >= 11 is 0. The second kappa shape index (κ2) is 6.66. The van der Waals surface area contributed by atoms with Crippen LogP contribution >= 0.6 is 0 Å². The van der Waals surface area contributed by atoms with Gasteiger partial charge in [-0.25, -0.2) is 0 Å². The van der Waals surface area contributed by atoms with Crippen LogP contribution in [-0.4, -0.2) is 47.8 Å². The first-order valence-corrected chi connectivity index (χ1v) is 5.00. The van der Waals surface area contributed by atoms with E-state index in [1.807, 2.05) is 0 Å². The molecular weight excluding hydrogens is 228 g/mol. The van der Waals surface area contributed by atoms with E-state index in [1.54, 1.807) is 6.07 Å². The molecule has 0 spiro atoms. The molecular formula is C10H14N2O5. The molecule has 0 saturated heterocycles. The number of nitrogens with one attached hydrogen (secondary N) is 2. The molecule has 7 nitrogen and oxygen atoms in total. The lowest BCUT2D eigenvalue weighted by molar-refractivity contribution is -0.120. The zero-order chi connectivity index (χ0) is 12.7. The topological polar surface area (TPSA) is 112 Å². The van der Waals surface area contributed by atoms with Gasteiger partial charge in [-0.15, -0.1) is 0 Å². The quantitative estimate of drug-likeness (QED) is 0.484. The van der Waals surface area contributed by atoms with Crippen molar-refractivity contribution in [3.05, 3.63) is 24.2 Å². The second-order valence-electron chi connectivity index (χ2n) is 3.30. The molecule has 1 heterocycles. The van der Waals surface area contributed by atoms with Gasteiger partial charge in [-0.3, -0.25) is 9.59 Å². The van der Waals surface area contributed by atoms with Crippen LogP contribution in [0.1, 0.15) is 10.6 Å². The molecule has 0 radical (unpaired) electrons. The third-order valence-electron chi connectivity index (χ3n) is 1.90. The monoisotopic (exact) mass is 242 g/mol. The molecule has 1 aromatic rings. The molecule has 17 heavy (non-hydrogen) atoms. The van der Waals surface area contributed by atoms with Crippen LogP contribution in [0.25, 0.3) is 0 Å². The minimum atomic E-state index is -1.00. The van der Waals surface area contributed by atoms with Crippen molar-refractivity contribution in [3.63, 3.8) is 0 Å². The summed E-state index contributed by atoms with van der Waals surface area (Å²) in [5.74, 6) is -0.835. The first kappa shape index (κ1) is 13.2. The summed E-state index contributed by atoms with van der Waals surface area (Å²) in [6.07, 6.45) is 0.354. The molecule has 0 aliphatic rings.